The number of anilines is 2. The second kappa shape index (κ2) is 5.93. The summed E-state index contributed by atoms with van der Waals surface area (Å²) < 4.78 is 0. The summed E-state index contributed by atoms with van der Waals surface area (Å²) in [5.41, 5.74) is 3.79. The fourth-order valence-electron chi connectivity index (χ4n) is 2.45. The predicted molar refractivity (Wildman–Crippen MR) is 83.4 cm³/mol. The van der Waals surface area contributed by atoms with Gasteiger partial charge >= 0.3 is 6.03 Å². The van der Waals surface area contributed by atoms with E-state index < -0.39 is 0 Å². The quantitative estimate of drug-likeness (QED) is 0.890. The lowest BCUT2D eigenvalue weighted by atomic mass is 10.1. The van der Waals surface area contributed by atoms with Crippen LogP contribution in [0.15, 0.2) is 42.6 Å². The second-order valence-electron chi connectivity index (χ2n) is 5.26. The maximum absolute atomic E-state index is 12.0. The first-order valence-electron chi connectivity index (χ1n) is 7.00. The first-order chi connectivity index (χ1) is 10.2. The highest BCUT2D eigenvalue weighted by Gasteiger charge is 2.15. The van der Waals surface area contributed by atoms with Gasteiger partial charge in [-0.1, -0.05) is 18.2 Å². The van der Waals surface area contributed by atoms with Crippen molar-refractivity contribution >= 4 is 17.4 Å². The molecule has 2 heterocycles. The monoisotopic (exact) mass is 282 g/mol. The molecule has 1 aliphatic rings. The van der Waals surface area contributed by atoms with Crippen LogP contribution in [-0.4, -0.2) is 29.5 Å². The number of amides is 2. The van der Waals surface area contributed by atoms with Gasteiger partial charge in [-0.05, 0) is 30.8 Å². The van der Waals surface area contributed by atoms with Crippen molar-refractivity contribution in [2.45, 2.75) is 13.0 Å². The Hall–Kier alpha value is -2.40. The zero-order chi connectivity index (χ0) is 14.7. The Balaban J connectivity index is 1.68. The molecule has 2 N–H and O–H groups in total. The van der Waals surface area contributed by atoms with Crippen molar-refractivity contribution in [2.75, 3.05) is 24.2 Å². The summed E-state index contributed by atoms with van der Waals surface area (Å²) >= 11 is 0. The van der Waals surface area contributed by atoms with Crippen LogP contribution in [0.2, 0.25) is 0 Å². The van der Waals surface area contributed by atoms with E-state index in [9.17, 15) is 4.79 Å². The molecule has 2 amide bonds. The highest BCUT2D eigenvalue weighted by Crippen LogP contribution is 2.19. The summed E-state index contributed by atoms with van der Waals surface area (Å²) in [6, 6.07) is 11.1. The molecule has 1 aromatic heterocycles. The van der Waals surface area contributed by atoms with Crippen molar-refractivity contribution in [3.63, 3.8) is 0 Å². The number of likely N-dealkylation sites (N-methyl/N-ethyl adjacent to an activating group) is 1. The van der Waals surface area contributed by atoms with Crippen molar-refractivity contribution in [2.24, 2.45) is 0 Å². The zero-order valence-corrected chi connectivity index (χ0v) is 12.0. The van der Waals surface area contributed by atoms with Gasteiger partial charge in [0.1, 0.15) is 0 Å². The minimum Gasteiger partial charge on any atom is -0.308 e. The maximum atomic E-state index is 12.0. The van der Waals surface area contributed by atoms with Crippen LogP contribution >= 0.6 is 0 Å². The normalized spacial score (nSPS) is 14.3. The van der Waals surface area contributed by atoms with E-state index in [1.807, 2.05) is 36.4 Å². The molecule has 5 heteroatoms. The first kappa shape index (κ1) is 13.6. The van der Waals surface area contributed by atoms with Crippen LogP contribution in [0, 0.1) is 0 Å². The predicted octanol–water partition coefficient (Wildman–Crippen LogP) is 2.71. The number of pyridine rings is 1. The van der Waals surface area contributed by atoms with Gasteiger partial charge in [0.2, 0.25) is 0 Å². The van der Waals surface area contributed by atoms with Gasteiger partial charge in [-0.15, -0.1) is 0 Å². The van der Waals surface area contributed by atoms with Crippen LogP contribution in [0.3, 0.4) is 0 Å². The lowest BCUT2D eigenvalue weighted by Gasteiger charge is -2.24. The fourth-order valence-corrected chi connectivity index (χ4v) is 2.45. The Morgan fingerprint density at radius 1 is 1.19 bits per heavy atom. The van der Waals surface area contributed by atoms with E-state index in [4.69, 9.17) is 0 Å². The molecule has 108 valence electrons. The number of para-hydroxylation sites is 1. The molecule has 0 spiro atoms. The maximum Gasteiger partial charge on any atom is 0.323 e. The number of rotatable bonds is 2. The van der Waals surface area contributed by atoms with E-state index in [1.165, 1.54) is 5.56 Å². The van der Waals surface area contributed by atoms with Crippen molar-refractivity contribution in [3.8, 4) is 0 Å². The van der Waals surface area contributed by atoms with Crippen LogP contribution < -0.4 is 10.6 Å². The molecule has 1 aliphatic heterocycles. The molecule has 3 rings (SSSR count). The third kappa shape index (κ3) is 3.38. The number of hydrogen-bond donors (Lipinski definition) is 2. The Morgan fingerprint density at radius 2 is 1.95 bits per heavy atom. The molecular weight excluding hydrogens is 264 g/mol. The van der Waals surface area contributed by atoms with Gasteiger partial charge in [0.15, 0.2) is 0 Å². The summed E-state index contributed by atoms with van der Waals surface area (Å²) in [6.07, 6.45) is 2.68. The fraction of sp³-hybridized carbons (Fsp3) is 0.250. The van der Waals surface area contributed by atoms with Crippen molar-refractivity contribution in [1.29, 1.82) is 0 Å². The number of nitrogens with zero attached hydrogens (tertiary/aromatic N) is 2. The molecule has 0 aliphatic carbocycles. The Labute approximate surface area is 124 Å². The van der Waals surface area contributed by atoms with Gasteiger partial charge < -0.3 is 15.5 Å². The minimum absolute atomic E-state index is 0.257. The summed E-state index contributed by atoms with van der Waals surface area (Å²) in [5, 5.41) is 5.62. The Kier molecular flexibility index (Phi) is 3.83. The van der Waals surface area contributed by atoms with Crippen molar-refractivity contribution in [1.82, 2.24) is 9.88 Å². The second-order valence-corrected chi connectivity index (χ2v) is 5.26. The van der Waals surface area contributed by atoms with Gasteiger partial charge in [-0.3, -0.25) is 4.98 Å². The number of carbonyl (C=O) groups is 1. The lowest BCUT2D eigenvalue weighted by Crippen LogP contribution is -2.27. The number of nitrogens with one attached hydrogen (secondary N) is 2. The third-order valence-corrected chi connectivity index (χ3v) is 3.52. The average molecular weight is 282 g/mol. The van der Waals surface area contributed by atoms with E-state index in [1.54, 1.807) is 6.20 Å². The molecule has 1 aromatic carbocycles. The number of aromatic nitrogens is 1. The SMILES string of the molecule is CN1CCc2ncc(NC(=O)Nc3ccccc3)cc2C1. The highest BCUT2D eigenvalue weighted by atomic mass is 16.2. The van der Waals surface area contributed by atoms with E-state index in [0.29, 0.717) is 0 Å². The van der Waals surface area contributed by atoms with Crippen molar-refractivity contribution < 1.29 is 4.79 Å². The van der Waals surface area contributed by atoms with E-state index in [0.717, 1.165) is 36.6 Å². The summed E-state index contributed by atoms with van der Waals surface area (Å²) in [7, 11) is 2.09. The zero-order valence-electron chi connectivity index (χ0n) is 12.0. The largest absolute Gasteiger partial charge is 0.323 e. The Bertz CT molecular complexity index is 642. The molecule has 21 heavy (non-hydrogen) atoms. The average Bonchev–Trinajstić information content (AvgIpc) is 2.47. The van der Waals surface area contributed by atoms with Gasteiger partial charge in [-0.25, -0.2) is 4.79 Å². The molecule has 5 nitrogen and oxygen atoms in total. The van der Waals surface area contributed by atoms with Crippen LogP contribution in [0.1, 0.15) is 11.3 Å². The molecule has 2 aromatic rings. The lowest BCUT2D eigenvalue weighted by molar-refractivity contribution is 0.262. The number of fused-ring (bicyclic) bond motifs is 1. The number of hydrogen-bond acceptors (Lipinski definition) is 3. The molecule has 0 saturated carbocycles. The molecular formula is C16H18N4O. The first-order valence-corrected chi connectivity index (χ1v) is 7.00. The molecule has 0 unspecified atom stereocenters. The van der Waals surface area contributed by atoms with Crippen LogP contribution in [-0.2, 0) is 13.0 Å². The van der Waals surface area contributed by atoms with E-state index in [-0.39, 0.29) is 6.03 Å². The van der Waals surface area contributed by atoms with Gasteiger partial charge in [0, 0.05) is 30.9 Å². The standard InChI is InChI=1S/C16H18N4O/c1-20-8-7-15-12(11-20)9-14(10-17-15)19-16(21)18-13-5-3-2-4-6-13/h2-6,9-10H,7-8,11H2,1H3,(H2,18,19,21). The van der Waals surface area contributed by atoms with Gasteiger partial charge in [0.25, 0.3) is 0 Å². The van der Waals surface area contributed by atoms with Crippen molar-refractivity contribution in [3.05, 3.63) is 53.9 Å². The highest BCUT2D eigenvalue weighted by molar-refractivity contribution is 5.99. The molecule has 0 radical (unpaired) electrons. The van der Waals surface area contributed by atoms with E-state index >= 15 is 0 Å². The molecule has 0 saturated heterocycles. The topological polar surface area (TPSA) is 57.3 Å². The molecule has 0 fully saturated rings. The third-order valence-electron chi connectivity index (χ3n) is 3.52. The number of carbonyl (C=O) groups excluding carboxylic acids is 1. The summed E-state index contributed by atoms with van der Waals surface area (Å²) in [4.78, 5) is 18.6. The smallest absolute Gasteiger partial charge is 0.308 e. The number of urea groups is 1. The van der Waals surface area contributed by atoms with Gasteiger partial charge in [-0.2, -0.15) is 0 Å². The van der Waals surface area contributed by atoms with Crippen LogP contribution in [0.25, 0.3) is 0 Å². The summed E-state index contributed by atoms with van der Waals surface area (Å²) in [5.74, 6) is 0. The van der Waals surface area contributed by atoms with E-state index in [2.05, 4.69) is 27.6 Å². The minimum atomic E-state index is -0.257. The Morgan fingerprint density at radius 3 is 2.76 bits per heavy atom. The van der Waals surface area contributed by atoms with Crippen LogP contribution in [0.5, 0.6) is 0 Å². The molecule has 0 atom stereocenters. The van der Waals surface area contributed by atoms with Crippen LogP contribution in [0.4, 0.5) is 16.2 Å². The number of benzene rings is 1. The molecule has 0 bridgehead atoms. The van der Waals surface area contributed by atoms with Gasteiger partial charge in [0.05, 0.1) is 11.9 Å². The summed E-state index contributed by atoms with van der Waals surface area (Å²) in [6.45, 7) is 1.90.